The highest BCUT2D eigenvalue weighted by Crippen LogP contribution is 2.18. The van der Waals surface area contributed by atoms with E-state index in [0.717, 1.165) is 11.3 Å². The molecule has 1 N–H and O–H groups in total. The molecule has 0 aliphatic carbocycles. The third kappa shape index (κ3) is 2.56. The van der Waals surface area contributed by atoms with Gasteiger partial charge in [-0.25, -0.2) is 4.68 Å². The predicted octanol–water partition coefficient (Wildman–Crippen LogP) is 1.56. The number of ether oxygens (including phenoxy) is 1. The van der Waals surface area contributed by atoms with Gasteiger partial charge in [-0.3, -0.25) is 9.78 Å². The van der Waals surface area contributed by atoms with Gasteiger partial charge in [0.1, 0.15) is 5.39 Å². The van der Waals surface area contributed by atoms with Crippen molar-refractivity contribution < 1.29 is 4.74 Å². The van der Waals surface area contributed by atoms with Crippen LogP contribution in [0.4, 0.5) is 5.95 Å². The first-order valence-corrected chi connectivity index (χ1v) is 8.02. The number of nitrogens with zero attached hydrogens (tertiary/aromatic N) is 4. The molecule has 7 heteroatoms. The summed E-state index contributed by atoms with van der Waals surface area (Å²) >= 11 is 0. The number of H-pyrrole nitrogens is 1. The van der Waals surface area contributed by atoms with Crippen LogP contribution in [-0.2, 0) is 4.74 Å². The molecule has 0 unspecified atom stereocenters. The Morgan fingerprint density at radius 2 is 2.00 bits per heavy atom. The topological polar surface area (TPSA) is 76.0 Å². The van der Waals surface area contributed by atoms with E-state index in [9.17, 15) is 4.79 Å². The first-order chi connectivity index (χ1) is 11.6. The average Bonchev–Trinajstić information content (AvgIpc) is 3.00. The van der Waals surface area contributed by atoms with Gasteiger partial charge in [-0.2, -0.15) is 4.98 Å². The summed E-state index contributed by atoms with van der Waals surface area (Å²) in [7, 11) is 0. The summed E-state index contributed by atoms with van der Waals surface area (Å²) in [6.45, 7) is 6.79. The molecule has 1 aliphatic heterocycles. The lowest BCUT2D eigenvalue weighted by Crippen LogP contribution is -2.38. The van der Waals surface area contributed by atoms with Crippen LogP contribution in [0.15, 0.2) is 29.2 Å². The summed E-state index contributed by atoms with van der Waals surface area (Å²) < 4.78 is 7.07. The number of hydrogen-bond donors (Lipinski definition) is 1. The molecule has 3 aromatic rings. The molecule has 1 saturated heterocycles. The van der Waals surface area contributed by atoms with Crippen molar-refractivity contribution in [3.05, 3.63) is 45.9 Å². The van der Waals surface area contributed by atoms with E-state index >= 15 is 0 Å². The average molecular weight is 325 g/mol. The lowest BCUT2D eigenvalue weighted by atomic mass is 10.1. The Kier molecular flexibility index (Phi) is 3.57. The zero-order valence-electron chi connectivity index (χ0n) is 13.7. The zero-order chi connectivity index (χ0) is 16.7. The normalized spacial score (nSPS) is 15.2. The Morgan fingerprint density at radius 3 is 2.75 bits per heavy atom. The number of aryl methyl sites for hydroxylation is 2. The number of anilines is 1. The Bertz CT molecular complexity index is 953. The first-order valence-electron chi connectivity index (χ1n) is 8.02. The maximum absolute atomic E-state index is 12.4. The monoisotopic (exact) mass is 325 g/mol. The van der Waals surface area contributed by atoms with E-state index in [-0.39, 0.29) is 5.56 Å². The SMILES string of the molecule is Cc1ccc(-n2cc3c(=O)[nH]c(N4CCOCC4)nc3n2)c(C)c1. The Balaban J connectivity index is 1.80. The van der Waals surface area contributed by atoms with Crippen molar-refractivity contribution in [1.82, 2.24) is 19.7 Å². The van der Waals surface area contributed by atoms with Crippen LogP contribution in [0.25, 0.3) is 16.7 Å². The fraction of sp³-hybridized carbons (Fsp3) is 0.353. The van der Waals surface area contributed by atoms with Crippen LogP contribution >= 0.6 is 0 Å². The third-order valence-corrected chi connectivity index (χ3v) is 4.29. The van der Waals surface area contributed by atoms with E-state index in [1.54, 1.807) is 10.9 Å². The van der Waals surface area contributed by atoms with Crippen molar-refractivity contribution in [2.45, 2.75) is 13.8 Å². The van der Waals surface area contributed by atoms with Crippen LogP contribution in [0, 0.1) is 13.8 Å². The van der Waals surface area contributed by atoms with Crippen LogP contribution in [0.3, 0.4) is 0 Å². The molecule has 2 aromatic heterocycles. The minimum atomic E-state index is -0.169. The predicted molar refractivity (Wildman–Crippen MR) is 92.0 cm³/mol. The molecule has 1 aliphatic rings. The van der Waals surface area contributed by atoms with E-state index in [2.05, 4.69) is 28.1 Å². The second-order valence-electron chi connectivity index (χ2n) is 6.09. The number of morpholine rings is 1. The third-order valence-electron chi connectivity index (χ3n) is 4.29. The summed E-state index contributed by atoms with van der Waals surface area (Å²) in [5.74, 6) is 0.557. The summed E-state index contributed by atoms with van der Waals surface area (Å²) in [6.07, 6.45) is 1.74. The minimum Gasteiger partial charge on any atom is -0.378 e. The summed E-state index contributed by atoms with van der Waals surface area (Å²) in [4.78, 5) is 21.8. The molecule has 0 bridgehead atoms. The standard InChI is InChI=1S/C17H19N5O2/c1-11-3-4-14(12(2)9-11)22-10-13-15(20-22)18-17(19-16(13)23)21-5-7-24-8-6-21/h3-4,9-10H,5-8H2,1-2H3,(H,18,19,20,23). The quantitative estimate of drug-likeness (QED) is 0.774. The highest BCUT2D eigenvalue weighted by molar-refractivity contribution is 5.74. The van der Waals surface area contributed by atoms with Gasteiger partial charge < -0.3 is 9.64 Å². The molecule has 1 aromatic carbocycles. The molecule has 4 rings (SSSR count). The number of benzene rings is 1. The smallest absolute Gasteiger partial charge is 0.263 e. The van der Waals surface area contributed by atoms with Crippen molar-refractivity contribution in [2.75, 3.05) is 31.2 Å². The second-order valence-corrected chi connectivity index (χ2v) is 6.09. The molecule has 124 valence electrons. The lowest BCUT2D eigenvalue weighted by Gasteiger charge is -2.26. The number of fused-ring (bicyclic) bond motifs is 1. The maximum atomic E-state index is 12.4. The molecule has 1 fully saturated rings. The zero-order valence-corrected chi connectivity index (χ0v) is 13.7. The van der Waals surface area contributed by atoms with Crippen molar-refractivity contribution in [1.29, 1.82) is 0 Å². The summed E-state index contributed by atoms with van der Waals surface area (Å²) in [6, 6.07) is 6.14. The number of aromatic nitrogens is 4. The molecule has 7 nitrogen and oxygen atoms in total. The van der Waals surface area contributed by atoms with E-state index in [4.69, 9.17) is 4.74 Å². The number of rotatable bonds is 2. The van der Waals surface area contributed by atoms with Gasteiger partial charge in [-0.15, -0.1) is 5.10 Å². The molecule has 0 radical (unpaired) electrons. The van der Waals surface area contributed by atoms with Crippen LogP contribution in [0.2, 0.25) is 0 Å². The Hall–Kier alpha value is -2.67. The number of aromatic amines is 1. The highest BCUT2D eigenvalue weighted by atomic mass is 16.5. The molecular weight excluding hydrogens is 306 g/mol. The summed E-state index contributed by atoms with van der Waals surface area (Å²) in [5, 5.41) is 5.01. The molecule has 24 heavy (non-hydrogen) atoms. The molecule has 0 atom stereocenters. The van der Waals surface area contributed by atoms with Crippen molar-refractivity contribution >= 4 is 17.0 Å². The van der Waals surface area contributed by atoms with Gasteiger partial charge in [0.25, 0.3) is 5.56 Å². The van der Waals surface area contributed by atoms with Gasteiger partial charge in [0.15, 0.2) is 5.65 Å². The van der Waals surface area contributed by atoms with Crippen LogP contribution in [0.1, 0.15) is 11.1 Å². The van der Waals surface area contributed by atoms with Crippen molar-refractivity contribution in [3.8, 4) is 5.69 Å². The number of nitrogens with one attached hydrogen (secondary N) is 1. The highest BCUT2D eigenvalue weighted by Gasteiger charge is 2.17. The van der Waals surface area contributed by atoms with E-state index in [1.807, 2.05) is 24.0 Å². The van der Waals surface area contributed by atoms with Gasteiger partial charge >= 0.3 is 0 Å². The molecule has 0 spiro atoms. The first kappa shape index (κ1) is 14.9. The molecular formula is C17H19N5O2. The van der Waals surface area contributed by atoms with Gasteiger partial charge in [0.05, 0.1) is 18.9 Å². The largest absolute Gasteiger partial charge is 0.378 e. The maximum Gasteiger partial charge on any atom is 0.263 e. The van der Waals surface area contributed by atoms with E-state index < -0.39 is 0 Å². The fourth-order valence-electron chi connectivity index (χ4n) is 3.02. The Morgan fingerprint density at radius 1 is 1.21 bits per heavy atom. The number of hydrogen-bond acceptors (Lipinski definition) is 5. The van der Waals surface area contributed by atoms with E-state index in [1.165, 1.54) is 5.56 Å². The van der Waals surface area contributed by atoms with Crippen LogP contribution in [-0.4, -0.2) is 46.1 Å². The summed E-state index contributed by atoms with van der Waals surface area (Å²) in [5.41, 5.74) is 3.54. The molecule has 3 heterocycles. The lowest BCUT2D eigenvalue weighted by molar-refractivity contribution is 0.122. The minimum absolute atomic E-state index is 0.169. The van der Waals surface area contributed by atoms with Gasteiger partial charge in [-0.1, -0.05) is 17.7 Å². The van der Waals surface area contributed by atoms with Crippen molar-refractivity contribution in [2.24, 2.45) is 0 Å². The van der Waals surface area contributed by atoms with Gasteiger partial charge in [-0.05, 0) is 25.5 Å². The van der Waals surface area contributed by atoms with Crippen LogP contribution in [0.5, 0.6) is 0 Å². The van der Waals surface area contributed by atoms with Gasteiger partial charge in [0.2, 0.25) is 5.95 Å². The molecule has 0 saturated carbocycles. The second kappa shape index (κ2) is 5.76. The fourth-order valence-corrected chi connectivity index (χ4v) is 3.02. The van der Waals surface area contributed by atoms with Crippen molar-refractivity contribution in [3.63, 3.8) is 0 Å². The Labute approximate surface area is 138 Å². The van der Waals surface area contributed by atoms with E-state index in [0.29, 0.717) is 43.3 Å². The molecule has 0 amide bonds. The van der Waals surface area contributed by atoms with Gasteiger partial charge in [0, 0.05) is 19.3 Å². The van der Waals surface area contributed by atoms with Crippen LogP contribution < -0.4 is 10.5 Å².